The van der Waals surface area contributed by atoms with Crippen molar-refractivity contribution in [2.75, 3.05) is 13.2 Å². The first-order chi connectivity index (χ1) is 13.0. The van der Waals surface area contributed by atoms with Crippen LogP contribution in [0.25, 0.3) is 0 Å². The first-order valence-corrected chi connectivity index (χ1v) is 10.0. The summed E-state index contributed by atoms with van der Waals surface area (Å²) >= 11 is 0. The second-order valence-corrected chi connectivity index (χ2v) is 6.63. The summed E-state index contributed by atoms with van der Waals surface area (Å²) < 4.78 is 17.1. The zero-order valence-electron chi connectivity index (χ0n) is 16.8. The van der Waals surface area contributed by atoms with E-state index in [0.29, 0.717) is 25.2 Å². The van der Waals surface area contributed by atoms with Gasteiger partial charge in [-0.2, -0.15) is 0 Å². The molecule has 1 aromatic rings. The van der Waals surface area contributed by atoms with Gasteiger partial charge in [0.15, 0.2) is 17.3 Å². The highest BCUT2D eigenvalue weighted by molar-refractivity contribution is 5.63. The van der Waals surface area contributed by atoms with E-state index in [9.17, 15) is 9.90 Å². The van der Waals surface area contributed by atoms with Crippen LogP contribution in [0.5, 0.6) is 11.5 Å². The lowest BCUT2D eigenvalue weighted by Gasteiger charge is -2.35. The minimum atomic E-state index is -1.47. The van der Waals surface area contributed by atoms with Crippen LogP contribution >= 0.6 is 0 Å². The van der Waals surface area contributed by atoms with Crippen molar-refractivity contribution < 1.29 is 29.2 Å². The predicted molar refractivity (Wildman–Crippen MR) is 104 cm³/mol. The van der Waals surface area contributed by atoms with Crippen molar-refractivity contribution in [1.29, 1.82) is 0 Å². The number of aromatic hydroxyl groups is 1. The van der Waals surface area contributed by atoms with Crippen molar-refractivity contribution >= 4 is 6.16 Å². The molecule has 1 rings (SSSR count). The van der Waals surface area contributed by atoms with E-state index in [4.69, 9.17) is 19.3 Å². The first kappa shape index (κ1) is 23.2. The highest BCUT2D eigenvalue weighted by Gasteiger charge is 2.37. The molecule has 0 bridgehead atoms. The standard InChI is InChI=1S/C21H34O6/c1-4-7-10-14-21(25-15-8-5-2,26-16-9-6-3)17-12-11-13-18(19(17)22)27-20(23)24/h11-13,22H,4-10,14-16H2,1-3H3,(H,23,24). The van der Waals surface area contributed by atoms with Crippen LogP contribution < -0.4 is 4.74 Å². The van der Waals surface area contributed by atoms with Gasteiger partial charge in [0.05, 0.1) is 18.8 Å². The highest BCUT2D eigenvalue weighted by atomic mass is 16.7. The fraction of sp³-hybridized carbons (Fsp3) is 0.667. The molecular formula is C21H34O6. The van der Waals surface area contributed by atoms with E-state index in [0.717, 1.165) is 44.9 Å². The number of hydrogen-bond donors (Lipinski definition) is 2. The second kappa shape index (κ2) is 12.6. The van der Waals surface area contributed by atoms with Gasteiger partial charge >= 0.3 is 6.16 Å². The zero-order chi connectivity index (χ0) is 20.1. The number of carboxylic acid groups (broad SMARTS) is 1. The van der Waals surface area contributed by atoms with Crippen LogP contribution in [0.15, 0.2) is 18.2 Å². The van der Waals surface area contributed by atoms with Gasteiger partial charge in [-0.3, -0.25) is 0 Å². The summed E-state index contributed by atoms with van der Waals surface area (Å²) in [5.74, 6) is -1.47. The summed E-state index contributed by atoms with van der Waals surface area (Å²) in [4.78, 5) is 10.9. The number of rotatable bonds is 14. The van der Waals surface area contributed by atoms with E-state index >= 15 is 0 Å². The third kappa shape index (κ3) is 7.39. The Morgan fingerprint density at radius 1 is 0.963 bits per heavy atom. The molecule has 0 amide bonds. The van der Waals surface area contributed by atoms with Gasteiger partial charge in [-0.15, -0.1) is 0 Å². The smallest absolute Gasteiger partial charge is 0.504 e. The number of carbonyl (C=O) groups is 1. The number of ether oxygens (including phenoxy) is 3. The number of phenolic OH excluding ortho intramolecular Hbond substituents is 1. The first-order valence-electron chi connectivity index (χ1n) is 10.0. The number of phenols is 1. The van der Waals surface area contributed by atoms with Crippen molar-refractivity contribution in [1.82, 2.24) is 0 Å². The van der Waals surface area contributed by atoms with Gasteiger partial charge in [0.1, 0.15) is 0 Å². The molecule has 0 radical (unpaired) electrons. The number of benzene rings is 1. The molecule has 6 heteroatoms. The second-order valence-electron chi connectivity index (χ2n) is 6.63. The third-order valence-electron chi connectivity index (χ3n) is 4.38. The Bertz CT molecular complexity index is 531. The van der Waals surface area contributed by atoms with Gasteiger partial charge in [-0.05, 0) is 31.4 Å². The van der Waals surface area contributed by atoms with Crippen LogP contribution in [0.3, 0.4) is 0 Å². The molecule has 0 saturated heterocycles. The average Bonchev–Trinajstić information content (AvgIpc) is 2.63. The summed E-state index contributed by atoms with van der Waals surface area (Å²) in [5, 5.41) is 19.6. The fourth-order valence-corrected chi connectivity index (χ4v) is 2.85. The summed E-state index contributed by atoms with van der Waals surface area (Å²) in [6.07, 6.45) is 5.75. The number of para-hydroxylation sites is 1. The molecule has 2 N–H and O–H groups in total. The number of hydrogen-bond acceptors (Lipinski definition) is 5. The van der Waals surface area contributed by atoms with E-state index in [-0.39, 0.29) is 11.5 Å². The Morgan fingerprint density at radius 3 is 2.07 bits per heavy atom. The normalized spacial score (nSPS) is 11.5. The van der Waals surface area contributed by atoms with Crippen molar-refractivity contribution in [2.24, 2.45) is 0 Å². The van der Waals surface area contributed by atoms with Crippen molar-refractivity contribution in [3.63, 3.8) is 0 Å². The van der Waals surface area contributed by atoms with E-state index in [2.05, 4.69) is 20.8 Å². The molecule has 0 aliphatic carbocycles. The summed E-state index contributed by atoms with van der Waals surface area (Å²) in [7, 11) is 0. The Kier molecular flexibility index (Phi) is 10.8. The van der Waals surface area contributed by atoms with Crippen molar-refractivity contribution in [2.45, 2.75) is 77.9 Å². The zero-order valence-corrected chi connectivity index (χ0v) is 16.8. The molecule has 0 fully saturated rings. The predicted octanol–water partition coefficient (Wildman–Crippen LogP) is 5.82. The maximum atomic E-state index is 10.9. The van der Waals surface area contributed by atoms with Gasteiger partial charge in [-0.1, -0.05) is 52.5 Å². The highest BCUT2D eigenvalue weighted by Crippen LogP contribution is 2.42. The molecule has 0 heterocycles. The minimum Gasteiger partial charge on any atom is -0.504 e. The third-order valence-corrected chi connectivity index (χ3v) is 4.38. The summed E-state index contributed by atoms with van der Waals surface area (Å²) in [5.41, 5.74) is 0.421. The Morgan fingerprint density at radius 2 is 1.56 bits per heavy atom. The van der Waals surface area contributed by atoms with Crippen LogP contribution in [-0.2, 0) is 15.3 Å². The van der Waals surface area contributed by atoms with E-state index in [1.807, 2.05) is 0 Å². The minimum absolute atomic E-state index is 0.113. The van der Waals surface area contributed by atoms with Gasteiger partial charge in [0.25, 0.3) is 0 Å². The molecule has 0 aliphatic rings. The fourth-order valence-electron chi connectivity index (χ4n) is 2.85. The molecule has 0 aliphatic heterocycles. The Hall–Kier alpha value is -1.79. The molecule has 0 atom stereocenters. The molecule has 0 aromatic heterocycles. The van der Waals surface area contributed by atoms with Crippen LogP contribution in [-0.4, -0.2) is 29.6 Å². The Labute approximate surface area is 162 Å². The average molecular weight is 382 g/mol. The summed E-state index contributed by atoms with van der Waals surface area (Å²) in [6.45, 7) is 7.28. The van der Waals surface area contributed by atoms with E-state index < -0.39 is 11.9 Å². The molecular weight excluding hydrogens is 348 g/mol. The van der Waals surface area contributed by atoms with Crippen LogP contribution in [0, 0.1) is 0 Å². The van der Waals surface area contributed by atoms with Crippen LogP contribution in [0.4, 0.5) is 4.79 Å². The molecule has 27 heavy (non-hydrogen) atoms. The van der Waals surface area contributed by atoms with Gasteiger partial charge in [0, 0.05) is 6.42 Å². The monoisotopic (exact) mass is 382 g/mol. The van der Waals surface area contributed by atoms with E-state index in [1.165, 1.54) is 6.07 Å². The maximum absolute atomic E-state index is 10.9. The lowest BCUT2D eigenvalue weighted by Crippen LogP contribution is -2.34. The molecule has 6 nitrogen and oxygen atoms in total. The van der Waals surface area contributed by atoms with Crippen molar-refractivity contribution in [3.8, 4) is 11.5 Å². The largest absolute Gasteiger partial charge is 0.511 e. The van der Waals surface area contributed by atoms with Gasteiger partial charge in [0.2, 0.25) is 0 Å². The lowest BCUT2D eigenvalue weighted by molar-refractivity contribution is -0.253. The van der Waals surface area contributed by atoms with Gasteiger partial charge < -0.3 is 24.4 Å². The molecule has 154 valence electrons. The van der Waals surface area contributed by atoms with Crippen LogP contribution in [0.1, 0.15) is 77.7 Å². The topological polar surface area (TPSA) is 85.2 Å². The van der Waals surface area contributed by atoms with Gasteiger partial charge in [-0.25, -0.2) is 4.79 Å². The van der Waals surface area contributed by atoms with Crippen LogP contribution in [0.2, 0.25) is 0 Å². The summed E-state index contributed by atoms with van der Waals surface area (Å²) in [6, 6.07) is 4.78. The molecule has 1 aromatic carbocycles. The van der Waals surface area contributed by atoms with Crippen molar-refractivity contribution in [3.05, 3.63) is 23.8 Å². The lowest BCUT2D eigenvalue weighted by atomic mass is 9.97. The molecule has 0 unspecified atom stereocenters. The maximum Gasteiger partial charge on any atom is 0.511 e. The SMILES string of the molecule is CCCCCC(OCCCC)(OCCCC)c1cccc(OC(=O)O)c1O. The molecule has 0 saturated carbocycles. The number of unbranched alkanes of at least 4 members (excludes halogenated alkanes) is 4. The van der Waals surface area contributed by atoms with E-state index in [1.54, 1.807) is 12.1 Å². The quantitative estimate of drug-likeness (QED) is 0.183. The molecule has 0 spiro atoms. The Balaban J connectivity index is 3.26.